The van der Waals surface area contributed by atoms with Gasteiger partial charge in [0.2, 0.25) is 5.92 Å². The van der Waals surface area contributed by atoms with Gasteiger partial charge in [-0.3, -0.25) is 0 Å². The van der Waals surface area contributed by atoms with Crippen molar-refractivity contribution in [3.8, 4) is 0 Å². The minimum absolute atomic E-state index is 0.103. The molecule has 2 rings (SSSR count). The number of alkyl halides is 2. The molecule has 1 aromatic rings. The maximum atomic E-state index is 13.1. The Morgan fingerprint density at radius 1 is 1.25 bits per heavy atom. The van der Waals surface area contributed by atoms with Crippen LogP contribution in [0.25, 0.3) is 0 Å². The quantitative estimate of drug-likeness (QED) is 0.839. The van der Waals surface area contributed by atoms with E-state index < -0.39 is 5.92 Å². The highest BCUT2D eigenvalue weighted by Crippen LogP contribution is 2.44. The predicted octanol–water partition coefficient (Wildman–Crippen LogP) is 1.88. The maximum Gasteiger partial charge on any atom is 0.248 e. The largest absolute Gasteiger partial charge is 0.330 e. The molecule has 2 N–H and O–H groups in total. The van der Waals surface area contributed by atoms with Crippen molar-refractivity contribution in [3.63, 3.8) is 0 Å². The molecule has 1 aliphatic carbocycles. The first kappa shape index (κ1) is 11.4. The van der Waals surface area contributed by atoms with Gasteiger partial charge in [0.25, 0.3) is 0 Å². The Morgan fingerprint density at radius 2 is 1.94 bits per heavy atom. The lowest BCUT2D eigenvalue weighted by Crippen LogP contribution is -2.42. The fraction of sp³-hybridized carbons (Fsp3) is 0.636. The van der Waals surface area contributed by atoms with Crippen LogP contribution in [0.3, 0.4) is 0 Å². The number of aromatic nitrogens is 2. The summed E-state index contributed by atoms with van der Waals surface area (Å²) in [5.74, 6) is -2.54. The van der Waals surface area contributed by atoms with Gasteiger partial charge in [-0.2, -0.15) is 0 Å². The van der Waals surface area contributed by atoms with Gasteiger partial charge in [0, 0.05) is 31.0 Å². The third-order valence-electron chi connectivity index (χ3n) is 3.45. The SMILES string of the molecule is NCC1(c2ccncn2)CCC(F)(F)CC1. The highest BCUT2D eigenvalue weighted by atomic mass is 19.3. The lowest BCUT2D eigenvalue weighted by molar-refractivity contribution is -0.0514. The number of halogens is 2. The van der Waals surface area contributed by atoms with Crippen LogP contribution in [0.15, 0.2) is 18.6 Å². The standard InChI is InChI=1S/C11H15F2N3/c12-11(13)4-2-10(7-14,3-5-11)9-1-6-15-8-16-9/h1,6,8H,2-5,7,14H2. The van der Waals surface area contributed by atoms with Crippen molar-refractivity contribution in [3.05, 3.63) is 24.3 Å². The average molecular weight is 227 g/mol. The van der Waals surface area contributed by atoms with E-state index >= 15 is 0 Å². The van der Waals surface area contributed by atoms with Gasteiger partial charge in [-0.15, -0.1) is 0 Å². The van der Waals surface area contributed by atoms with Gasteiger partial charge in [0.05, 0.1) is 5.69 Å². The smallest absolute Gasteiger partial charge is 0.248 e. The Balaban J connectivity index is 2.23. The highest BCUT2D eigenvalue weighted by molar-refractivity contribution is 5.17. The van der Waals surface area contributed by atoms with Crippen LogP contribution in [0.4, 0.5) is 8.78 Å². The zero-order chi connectivity index (χ0) is 11.6. The second-order valence-electron chi connectivity index (χ2n) is 4.44. The first-order valence-corrected chi connectivity index (χ1v) is 5.42. The Bertz CT molecular complexity index is 344. The summed E-state index contributed by atoms with van der Waals surface area (Å²) in [6.07, 6.45) is 3.66. The highest BCUT2D eigenvalue weighted by Gasteiger charge is 2.44. The normalized spacial score (nSPS) is 22.9. The van der Waals surface area contributed by atoms with E-state index in [0.717, 1.165) is 5.69 Å². The van der Waals surface area contributed by atoms with Gasteiger partial charge in [-0.05, 0) is 18.9 Å². The molecule has 5 heteroatoms. The average Bonchev–Trinajstić information content (AvgIpc) is 2.31. The summed E-state index contributed by atoms with van der Waals surface area (Å²) in [5.41, 5.74) is 6.16. The van der Waals surface area contributed by atoms with Gasteiger partial charge < -0.3 is 5.73 Å². The topological polar surface area (TPSA) is 51.8 Å². The van der Waals surface area contributed by atoms with Crippen LogP contribution >= 0.6 is 0 Å². The van der Waals surface area contributed by atoms with Crippen LogP contribution in [0.5, 0.6) is 0 Å². The van der Waals surface area contributed by atoms with E-state index in [1.54, 1.807) is 12.3 Å². The maximum absolute atomic E-state index is 13.1. The molecule has 1 aliphatic rings. The third-order valence-corrected chi connectivity index (χ3v) is 3.45. The van der Waals surface area contributed by atoms with Crippen molar-refractivity contribution >= 4 is 0 Å². The van der Waals surface area contributed by atoms with Gasteiger partial charge in [0.1, 0.15) is 6.33 Å². The van der Waals surface area contributed by atoms with E-state index in [1.807, 2.05) is 0 Å². The Morgan fingerprint density at radius 3 is 2.44 bits per heavy atom. The van der Waals surface area contributed by atoms with E-state index in [9.17, 15) is 8.78 Å². The predicted molar refractivity (Wildman–Crippen MR) is 56.2 cm³/mol. The molecule has 0 amide bonds. The second kappa shape index (κ2) is 4.05. The van der Waals surface area contributed by atoms with E-state index in [0.29, 0.717) is 19.4 Å². The summed E-state index contributed by atoms with van der Waals surface area (Å²) < 4.78 is 26.3. The number of hydrogen-bond acceptors (Lipinski definition) is 3. The summed E-state index contributed by atoms with van der Waals surface area (Å²) in [6.45, 7) is 0.361. The van der Waals surface area contributed by atoms with Gasteiger partial charge >= 0.3 is 0 Å². The van der Waals surface area contributed by atoms with Gasteiger partial charge in [-0.25, -0.2) is 18.7 Å². The fourth-order valence-electron chi connectivity index (χ4n) is 2.26. The van der Waals surface area contributed by atoms with Gasteiger partial charge in [0.15, 0.2) is 0 Å². The third kappa shape index (κ3) is 2.04. The van der Waals surface area contributed by atoms with Gasteiger partial charge in [-0.1, -0.05) is 0 Å². The first-order chi connectivity index (χ1) is 7.58. The molecular formula is C11H15F2N3. The van der Waals surface area contributed by atoms with Crippen molar-refractivity contribution in [2.45, 2.75) is 37.0 Å². The molecule has 3 nitrogen and oxygen atoms in total. The molecule has 0 atom stereocenters. The number of hydrogen-bond donors (Lipinski definition) is 1. The molecule has 1 fully saturated rings. The monoisotopic (exact) mass is 227 g/mol. The molecule has 0 radical (unpaired) electrons. The minimum atomic E-state index is -2.54. The number of nitrogens with two attached hydrogens (primary N) is 1. The lowest BCUT2D eigenvalue weighted by Gasteiger charge is -2.38. The summed E-state index contributed by atoms with van der Waals surface area (Å²) in [4.78, 5) is 7.99. The van der Waals surface area contributed by atoms with Crippen LogP contribution < -0.4 is 5.73 Å². The summed E-state index contributed by atoms with van der Waals surface area (Å²) in [7, 11) is 0. The molecule has 1 aromatic heterocycles. The molecule has 1 heterocycles. The summed E-state index contributed by atoms with van der Waals surface area (Å²) in [5, 5.41) is 0. The molecule has 16 heavy (non-hydrogen) atoms. The van der Waals surface area contributed by atoms with Crippen molar-refractivity contribution in [2.24, 2.45) is 5.73 Å². The summed E-state index contributed by atoms with van der Waals surface area (Å²) in [6, 6.07) is 1.77. The molecule has 1 saturated carbocycles. The summed E-state index contributed by atoms with van der Waals surface area (Å²) >= 11 is 0. The van der Waals surface area contributed by atoms with Crippen LogP contribution in [0.1, 0.15) is 31.4 Å². The molecule has 0 spiro atoms. The van der Waals surface area contributed by atoms with Crippen LogP contribution in [-0.4, -0.2) is 22.4 Å². The lowest BCUT2D eigenvalue weighted by atomic mass is 9.70. The Hall–Kier alpha value is -1.10. The van der Waals surface area contributed by atoms with E-state index in [-0.39, 0.29) is 18.3 Å². The molecule has 0 saturated heterocycles. The zero-order valence-electron chi connectivity index (χ0n) is 9.00. The number of rotatable bonds is 2. The van der Waals surface area contributed by atoms with Crippen molar-refractivity contribution in [1.82, 2.24) is 9.97 Å². The molecular weight excluding hydrogens is 212 g/mol. The fourth-order valence-corrected chi connectivity index (χ4v) is 2.26. The van der Waals surface area contributed by atoms with Crippen molar-refractivity contribution in [1.29, 1.82) is 0 Å². The minimum Gasteiger partial charge on any atom is -0.330 e. The van der Waals surface area contributed by atoms with Crippen molar-refractivity contribution < 1.29 is 8.78 Å². The van der Waals surface area contributed by atoms with Crippen LogP contribution in [0.2, 0.25) is 0 Å². The second-order valence-corrected chi connectivity index (χ2v) is 4.44. The molecule has 0 unspecified atom stereocenters. The molecule has 0 aliphatic heterocycles. The molecule has 88 valence electrons. The van der Waals surface area contributed by atoms with Crippen LogP contribution in [0, 0.1) is 0 Å². The first-order valence-electron chi connectivity index (χ1n) is 5.42. The number of nitrogens with zero attached hydrogens (tertiary/aromatic N) is 2. The Labute approximate surface area is 93.1 Å². The van der Waals surface area contributed by atoms with Crippen molar-refractivity contribution in [2.75, 3.05) is 6.54 Å². The van der Waals surface area contributed by atoms with E-state index in [4.69, 9.17) is 5.73 Å². The molecule has 0 bridgehead atoms. The van der Waals surface area contributed by atoms with E-state index in [2.05, 4.69) is 9.97 Å². The van der Waals surface area contributed by atoms with Crippen LogP contribution in [-0.2, 0) is 5.41 Å². The molecule has 0 aromatic carbocycles. The zero-order valence-corrected chi connectivity index (χ0v) is 9.00. The Kier molecular flexibility index (Phi) is 2.88. The van der Waals surface area contributed by atoms with E-state index in [1.165, 1.54) is 6.33 Å².